The number of carbonyl (C=O) groups excluding carboxylic acids is 1. The topological polar surface area (TPSA) is 85.3 Å². The number of nitrogen functional groups attached to an aromatic ring is 1. The van der Waals surface area contributed by atoms with E-state index < -0.39 is 0 Å². The van der Waals surface area contributed by atoms with Crippen LogP contribution in [-0.2, 0) is 0 Å². The Morgan fingerprint density at radius 3 is 2.81 bits per heavy atom. The largest absolute Gasteiger partial charge is 0.381 e. The Bertz CT molecular complexity index is 1510. The second kappa shape index (κ2) is 7.84. The average molecular weight is 438 g/mol. The van der Waals surface area contributed by atoms with Crippen LogP contribution >= 0.6 is 11.3 Å². The van der Waals surface area contributed by atoms with Gasteiger partial charge in [-0.05, 0) is 36.8 Å². The standard InChI is InChI=1S/C25H19N5OS/c1-3-16-10-11-19-18(14-16)20(17-8-5-4-6-9-17)22(32-19)15(2)28-25(31)21-23(26)29-30-13-7-12-27-24(21)30/h1,4-15H,2H3,(H2,26,29)(H,28,31)/t15-/m1/s1. The number of hydrogen-bond donors (Lipinski definition) is 2. The highest BCUT2D eigenvalue weighted by atomic mass is 32.1. The molecule has 0 aliphatic rings. The van der Waals surface area contributed by atoms with E-state index in [1.54, 1.807) is 29.8 Å². The molecule has 0 aliphatic carbocycles. The molecular weight excluding hydrogens is 418 g/mol. The van der Waals surface area contributed by atoms with E-state index in [0.717, 1.165) is 31.7 Å². The summed E-state index contributed by atoms with van der Waals surface area (Å²) in [5.74, 6) is 2.54. The number of aromatic nitrogens is 3. The first-order valence-electron chi connectivity index (χ1n) is 10.0. The summed E-state index contributed by atoms with van der Waals surface area (Å²) in [5.41, 5.74) is 9.69. The summed E-state index contributed by atoms with van der Waals surface area (Å²) in [6.07, 6.45) is 8.97. The van der Waals surface area contributed by atoms with E-state index in [9.17, 15) is 4.79 Å². The summed E-state index contributed by atoms with van der Waals surface area (Å²) >= 11 is 1.64. The molecule has 0 spiro atoms. The average Bonchev–Trinajstić information content (AvgIpc) is 3.36. The number of amides is 1. The second-order valence-electron chi connectivity index (χ2n) is 7.41. The number of nitrogens with one attached hydrogen (secondary N) is 1. The maximum absolute atomic E-state index is 13.2. The third kappa shape index (κ3) is 3.27. The van der Waals surface area contributed by atoms with Crippen LogP contribution in [0.1, 0.15) is 33.8 Å². The van der Waals surface area contributed by atoms with Crippen LogP contribution < -0.4 is 11.1 Å². The molecule has 0 aliphatic heterocycles. The molecule has 0 radical (unpaired) electrons. The first-order chi connectivity index (χ1) is 15.6. The van der Waals surface area contributed by atoms with Crippen molar-refractivity contribution >= 4 is 38.8 Å². The molecule has 0 bridgehead atoms. The molecule has 3 aromatic heterocycles. The predicted molar refractivity (Wildman–Crippen MR) is 128 cm³/mol. The number of thiophene rings is 1. The number of carbonyl (C=O) groups is 1. The van der Waals surface area contributed by atoms with Gasteiger partial charge in [0.25, 0.3) is 5.91 Å². The molecule has 3 N–H and O–H groups in total. The molecule has 3 heterocycles. The van der Waals surface area contributed by atoms with E-state index in [0.29, 0.717) is 5.65 Å². The minimum atomic E-state index is -0.315. The van der Waals surface area contributed by atoms with Crippen LogP contribution in [0.3, 0.4) is 0 Å². The Kier molecular flexibility index (Phi) is 4.85. The third-order valence-corrected chi connectivity index (χ3v) is 6.69. The lowest BCUT2D eigenvalue weighted by molar-refractivity contribution is 0.0943. The number of hydrogen-bond acceptors (Lipinski definition) is 5. The Hall–Kier alpha value is -4.15. The van der Waals surface area contributed by atoms with Crippen LogP contribution in [0.15, 0.2) is 67.0 Å². The van der Waals surface area contributed by atoms with Gasteiger partial charge in [0, 0.05) is 38.5 Å². The maximum atomic E-state index is 13.2. The molecule has 7 heteroatoms. The van der Waals surface area contributed by atoms with E-state index in [2.05, 4.69) is 33.5 Å². The molecule has 2 aromatic carbocycles. The molecular formula is C25H19N5OS. The molecule has 0 fully saturated rings. The Labute approximate surface area is 188 Å². The lowest BCUT2D eigenvalue weighted by atomic mass is 9.98. The van der Waals surface area contributed by atoms with Gasteiger partial charge in [0.05, 0.1) is 6.04 Å². The highest BCUT2D eigenvalue weighted by Gasteiger charge is 2.24. The van der Waals surface area contributed by atoms with Gasteiger partial charge < -0.3 is 11.1 Å². The SMILES string of the molecule is C#Cc1ccc2sc([C@@H](C)NC(=O)c3c(N)nn4cccnc34)c(-c3ccccc3)c2c1. The molecule has 5 rings (SSSR count). The zero-order valence-electron chi connectivity index (χ0n) is 17.2. The first-order valence-corrected chi connectivity index (χ1v) is 10.9. The number of fused-ring (bicyclic) bond motifs is 2. The van der Waals surface area contributed by atoms with E-state index in [-0.39, 0.29) is 23.3 Å². The summed E-state index contributed by atoms with van der Waals surface area (Å²) in [6.45, 7) is 1.96. The minimum Gasteiger partial charge on any atom is -0.381 e. The van der Waals surface area contributed by atoms with Gasteiger partial charge >= 0.3 is 0 Å². The van der Waals surface area contributed by atoms with Crippen LogP contribution in [0, 0.1) is 12.3 Å². The van der Waals surface area contributed by atoms with Crippen LogP contribution in [0.25, 0.3) is 26.9 Å². The normalized spacial score (nSPS) is 12.0. The quantitative estimate of drug-likeness (QED) is 0.400. The molecule has 1 atom stereocenters. The molecule has 0 saturated carbocycles. The number of rotatable bonds is 4. The molecule has 32 heavy (non-hydrogen) atoms. The van der Waals surface area contributed by atoms with Crippen LogP contribution in [-0.4, -0.2) is 20.5 Å². The van der Waals surface area contributed by atoms with Gasteiger partial charge in [-0.25, -0.2) is 9.50 Å². The Morgan fingerprint density at radius 2 is 2.03 bits per heavy atom. The maximum Gasteiger partial charge on any atom is 0.259 e. The van der Waals surface area contributed by atoms with Crippen LogP contribution in [0.5, 0.6) is 0 Å². The summed E-state index contributed by atoms with van der Waals surface area (Å²) in [6, 6.07) is 17.6. The molecule has 0 unspecified atom stereocenters. The van der Waals surface area contributed by atoms with Gasteiger partial charge in [-0.2, -0.15) is 0 Å². The van der Waals surface area contributed by atoms with E-state index in [1.807, 2.05) is 43.3 Å². The van der Waals surface area contributed by atoms with Crippen molar-refractivity contribution < 1.29 is 4.79 Å². The van der Waals surface area contributed by atoms with Crippen LogP contribution in [0.2, 0.25) is 0 Å². The van der Waals surface area contributed by atoms with Gasteiger partial charge in [0.1, 0.15) is 5.56 Å². The summed E-state index contributed by atoms with van der Waals surface area (Å²) in [4.78, 5) is 18.5. The highest BCUT2D eigenvalue weighted by Crippen LogP contribution is 2.42. The highest BCUT2D eigenvalue weighted by molar-refractivity contribution is 7.19. The number of nitrogens with two attached hydrogens (primary N) is 1. The van der Waals surface area contributed by atoms with Crippen molar-refractivity contribution in [3.63, 3.8) is 0 Å². The summed E-state index contributed by atoms with van der Waals surface area (Å²) < 4.78 is 2.61. The number of nitrogens with zero attached hydrogens (tertiary/aromatic N) is 3. The fraction of sp³-hybridized carbons (Fsp3) is 0.0800. The molecule has 6 nitrogen and oxygen atoms in total. The second-order valence-corrected chi connectivity index (χ2v) is 8.49. The lowest BCUT2D eigenvalue weighted by Crippen LogP contribution is -2.27. The molecule has 5 aromatic rings. The van der Waals surface area contributed by atoms with Crippen molar-refractivity contribution in [3.05, 3.63) is 83.0 Å². The molecule has 1 amide bonds. The number of anilines is 1. The van der Waals surface area contributed by atoms with Gasteiger partial charge in [0.15, 0.2) is 11.5 Å². The smallest absolute Gasteiger partial charge is 0.259 e. The molecule has 0 saturated heterocycles. The minimum absolute atomic E-state index is 0.145. The number of benzene rings is 2. The van der Waals surface area contributed by atoms with Crippen molar-refractivity contribution in [1.29, 1.82) is 0 Å². The fourth-order valence-corrected chi connectivity index (χ4v) is 5.08. The lowest BCUT2D eigenvalue weighted by Gasteiger charge is -2.15. The van der Waals surface area contributed by atoms with E-state index >= 15 is 0 Å². The van der Waals surface area contributed by atoms with Crippen molar-refractivity contribution in [2.24, 2.45) is 0 Å². The zero-order chi connectivity index (χ0) is 22.2. The zero-order valence-corrected chi connectivity index (χ0v) is 18.1. The molecule has 156 valence electrons. The van der Waals surface area contributed by atoms with Crippen molar-refractivity contribution in [2.45, 2.75) is 13.0 Å². The first kappa shape index (κ1) is 19.8. The summed E-state index contributed by atoms with van der Waals surface area (Å²) in [5, 5.41) is 8.35. The fourth-order valence-electron chi connectivity index (χ4n) is 3.87. The van der Waals surface area contributed by atoms with Gasteiger partial charge in [-0.3, -0.25) is 4.79 Å². The Morgan fingerprint density at radius 1 is 1.22 bits per heavy atom. The van der Waals surface area contributed by atoms with E-state index in [1.165, 1.54) is 4.52 Å². The monoisotopic (exact) mass is 437 g/mol. The van der Waals surface area contributed by atoms with Gasteiger partial charge in [-0.15, -0.1) is 22.9 Å². The van der Waals surface area contributed by atoms with Gasteiger partial charge in [0.2, 0.25) is 0 Å². The van der Waals surface area contributed by atoms with Crippen LogP contribution in [0.4, 0.5) is 5.82 Å². The number of terminal acetylenes is 1. The van der Waals surface area contributed by atoms with Crippen molar-refractivity contribution in [2.75, 3.05) is 5.73 Å². The summed E-state index contributed by atoms with van der Waals surface area (Å²) in [7, 11) is 0. The van der Waals surface area contributed by atoms with Crippen molar-refractivity contribution in [3.8, 4) is 23.5 Å². The van der Waals surface area contributed by atoms with E-state index in [4.69, 9.17) is 12.2 Å². The predicted octanol–water partition coefficient (Wildman–Crippen LogP) is 4.67. The Balaban J connectivity index is 1.59. The van der Waals surface area contributed by atoms with Gasteiger partial charge in [-0.1, -0.05) is 36.3 Å². The third-order valence-electron chi connectivity index (χ3n) is 5.33. The van der Waals surface area contributed by atoms with Crippen molar-refractivity contribution in [1.82, 2.24) is 19.9 Å².